The number of aromatic nitrogens is 1. The highest BCUT2D eigenvalue weighted by atomic mass is 16.6. The average molecular weight is 335 g/mol. The summed E-state index contributed by atoms with van der Waals surface area (Å²) in [7, 11) is 0. The van der Waals surface area contributed by atoms with Gasteiger partial charge in [-0.1, -0.05) is 13.8 Å². The van der Waals surface area contributed by atoms with E-state index in [4.69, 9.17) is 9.47 Å². The van der Waals surface area contributed by atoms with Crippen LogP contribution in [-0.2, 0) is 11.3 Å². The van der Waals surface area contributed by atoms with Crippen molar-refractivity contribution in [2.75, 3.05) is 19.7 Å². The van der Waals surface area contributed by atoms with Crippen LogP contribution in [0.4, 0.5) is 4.79 Å². The molecule has 2 heterocycles. The van der Waals surface area contributed by atoms with E-state index < -0.39 is 0 Å². The minimum Gasteiger partial charge on any atom is -0.478 e. The molecule has 2 atom stereocenters. The van der Waals surface area contributed by atoms with Gasteiger partial charge in [-0.15, -0.1) is 0 Å². The van der Waals surface area contributed by atoms with E-state index in [1.165, 1.54) is 0 Å². The van der Waals surface area contributed by atoms with E-state index in [1.807, 2.05) is 26.0 Å². The standard InChI is InChI=1S/C18H29N3O3/c1-13(2)7-8-23-17-6-5-16(11-20-17)12-24-18(22)21-14(3)9-19-10-15(21)4/h5-6,11,13-15,19H,7-10,12H2,1-4H3. The van der Waals surface area contributed by atoms with Crippen LogP contribution in [-0.4, -0.2) is 47.8 Å². The summed E-state index contributed by atoms with van der Waals surface area (Å²) >= 11 is 0. The molecule has 2 rings (SSSR count). The van der Waals surface area contributed by atoms with Crippen molar-refractivity contribution in [2.24, 2.45) is 5.92 Å². The zero-order valence-electron chi connectivity index (χ0n) is 15.1. The molecule has 1 aliphatic rings. The summed E-state index contributed by atoms with van der Waals surface area (Å²) in [4.78, 5) is 18.4. The zero-order chi connectivity index (χ0) is 17.5. The Morgan fingerprint density at radius 2 is 2.04 bits per heavy atom. The van der Waals surface area contributed by atoms with E-state index >= 15 is 0 Å². The van der Waals surface area contributed by atoms with Crippen molar-refractivity contribution in [3.63, 3.8) is 0 Å². The maximum atomic E-state index is 12.3. The number of nitrogens with one attached hydrogen (secondary N) is 1. The first-order valence-corrected chi connectivity index (χ1v) is 8.71. The van der Waals surface area contributed by atoms with Crippen LogP contribution in [0.2, 0.25) is 0 Å². The molecule has 0 spiro atoms. The molecular weight excluding hydrogens is 306 g/mol. The molecule has 0 radical (unpaired) electrons. The highest BCUT2D eigenvalue weighted by molar-refractivity contribution is 5.68. The molecule has 1 saturated heterocycles. The van der Waals surface area contributed by atoms with Crippen molar-refractivity contribution in [3.05, 3.63) is 23.9 Å². The second kappa shape index (κ2) is 8.87. The van der Waals surface area contributed by atoms with Gasteiger partial charge in [-0.25, -0.2) is 9.78 Å². The quantitative estimate of drug-likeness (QED) is 0.866. The van der Waals surface area contributed by atoms with E-state index in [0.717, 1.165) is 25.1 Å². The summed E-state index contributed by atoms with van der Waals surface area (Å²) in [5.74, 6) is 1.22. The summed E-state index contributed by atoms with van der Waals surface area (Å²) in [6.07, 6.45) is 2.43. The molecule has 6 nitrogen and oxygen atoms in total. The van der Waals surface area contributed by atoms with Gasteiger partial charge in [0.25, 0.3) is 0 Å². The fourth-order valence-electron chi connectivity index (χ4n) is 2.69. The van der Waals surface area contributed by atoms with Crippen LogP contribution in [0.25, 0.3) is 0 Å². The Kier molecular flexibility index (Phi) is 6.85. The highest BCUT2D eigenvalue weighted by Gasteiger charge is 2.29. The molecule has 0 aromatic carbocycles. The number of hydrogen-bond donors (Lipinski definition) is 1. The van der Waals surface area contributed by atoms with Crippen molar-refractivity contribution >= 4 is 6.09 Å². The Bertz CT molecular complexity index is 509. The van der Waals surface area contributed by atoms with Crippen molar-refractivity contribution in [1.29, 1.82) is 0 Å². The summed E-state index contributed by atoms with van der Waals surface area (Å²) < 4.78 is 11.0. The first kappa shape index (κ1) is 18.5. The lowest BCUT2D eigenvalue weighted by atomic mass is 10.1. The SMILES string of the molecule is CC(C)CCOc1ccc(COC(=O)N2C(C)CNCC2C)cn1. The van der Waals surface area contributed by atoms with Crippen LogP contribution < -0.4 is 10.1 Å². The molecular formula is C18H29N3O3. The predicted octanol–water partition coefficient (Wildman–Crippen LogP) is 2.83. The predicted molar refractivity (Wildman–Crippen MR) is 93.0 cm³/mol. The molecule has 6 heteroatoms. The minimum atomic E-state index is -0.270. The Labute approximate surface area is 144 Å². The van der Waals surface area contributed by atoms with Crippen LogP contribution in [0.15, 0.2) is 18.3 Å². The van der Waals surface area contributed by atoms with Gasteiger partial charge in [0.1, 0.15) is 6.61 Å². The molecule has 1 amide bonds. The Hall–Kier alpha value is -1.82. The zero-order valence-corrected chi connectivity index (χ0v) is 15.1. The smallest absolute Gasteiger partial charge is 0.410 e. The van der Waals surface area contributed by atoms with E-state index in [2.05, 4.69) is 24.1 Å². The van der Waals surface area contributed by atoms with Crippen molar-refractivity contribution in [3.8, 4) is 5.88 Å². The average Bonchev–Trinajstić information content (AvgIpc) is 2.53. The van der Waals surface area contributed by atoms with Gasteiger partial charge >= 0.3 is 6.09 Å². The van der Waals surface area contributed by atoms with Gasteiger partial charge < -0.3 is 19.7 Å². The molecule has 1 fully saturated rings. The number of piperazine rings is 1. The van der Waals surface area contributed by atoms with Crippen molar-refractivity contribution < 1.29 is 14.3 Å². The van der Waals surface area contributed by atoms with Gasteiger partial charge in [-0.2, -0.15) is 0 Å². The Morgan fingerprint density at radius 3 is 2.62 bits per heavy atom. The van der Waals surface area contributed by atoms with Gasteiger partial charge in [0, 0.05) is 43.0 Å². The van der Waals surface area contributed by atoms with E-state index in [1.54, 1.807) is 11.1 Å². The Morgan fingerprint density at radius 1 is 1.33 bits per heavy atom. The van der Waals surface area contributed by atoms with E-state index in [0.29, 0.717) is 18.4 Å². The molecule has 2 unspecified atom stereocenters. The number of carbonyl (C=O) groups is 1. The van der Waals surface area contributed by atoms with Crippen molar-refractivity contribution in [2.45, 2.75) is 52.8 Å². The molecule has 0 aliphatic carbocycles. The first-order chi connectivity index (χ1) is 11.5. The maximum absolute atomic E-state index is 12.3. The van der Waals surface area contributed by atoms with Crippen LogP contribution in [0, 0.1) is 5.92 Å². The van der Waals surface area contributed by atoms with Gasteiger partial charge in [-0.05, 0) is 32.3 Å². The molecule has 1 aliphatic heterocycles. The van der Waals surface area contributed by atoms with Crippen LogP contribution >= 0.6 is 0 Å². The lowest BCUT2D eigenvalue weighted by Gasteiger charge is -2.38. The number of ether oxygens (including phenoxy) is 2. The third-order valence-corrected chi connectivity index (χ3v) is 4.15. The highest BCUT2D eigenvalue weighted by Crippen LogP contribution is 2.14. The first-order valence-electron chi connectivity index (χ1n) is 8.71. The second-order valence-corrected chi connectivity index (χ2v) is 6.85. The van der Waals surface area contributed by atoms with Crippen LogP contribution in [0.5, 0.6) is 5.88 Å². The van der Waals surface area contributed by atoms with Gasteiger partial charge in [-0.3, -0.25) is 0 Å². The minimum absolute atomic E-state index is 0.135. The number of pyridine rings is 1. The van der Waals surface area contributed by atoms with Gasteiger partial charge in [0.15, 0.2) is 0 Å². The Balaban J connectivity index is 1.80. The summed E-state index contributed by atoms with van der Waals surface area (Å²) in [6.45, 7) is 10.8. The number of amides is 1. The molecule has 24 heavy (non-hydrogen) atoms. The van der Waals surface area contributed by atoms with Crippen molar-refractivity contribution in [1.82, 2.24) is 15.2 Å². The third kappa shape index (κ3) is 5.37. The molecule has 1 N–H and O–H groups in total. The molecule has 0 saturated carbocycles. The van der Waals surface area contributed by atoms with Gasteiger partial charge in [0.2, 0.25) is 5.88 Å². The molecule has 0 bridgehead atoms. The summed E-state index contributed by atoms with van der Waals surface area (Å²) in [6, 6.07) is 3.97. The van der Waals surface area contributed by atoms with Crippen LogP contribution in [0.1, 0.15) is 39.7 Å². The largest absolute Gasteiger partial charge is 0.478 e. The normalized spacial score (nSPS) is 21.0. The van der Waals surface area contributed by atoms with Crippen LogP contribution in [0.3, 0.4) is 0 Å². The van der Waals surface area contributed by atoms with E-state index in [-0.39, 0.29) is 24.8 Å². The molecule has 134 valence electrons. The lowest BCUT2D eigenvalue weighted by molar-refractivity contribution is 0.0563. The number of nitrogens with zero attached hydrogens (tertiary/aromatic N) is 2. The second-order valence-electron chi connectivity index (χ2n) is 6.85. The van der Waals surface area contributed by atoms with E-state index in [9.17, 15) is 4.79 Å². The lowest BCUT2D eigenvalue weighted by Crippen LogP contribution is -2.57. The van der Waals surface area contributed by atoms with Gasteiger partial charge in [0.05, 0.1) is 6.61 Å². The third-order valence-electron chi connectivity index (χ3n) is 4.15. The maximum Gasteiger partial charge on any atom is 0.410 e. The monoisotopic (exact) mass is 335 g/mol. The number of rotatable bonds is 6. The summed E-state index contributed by atoms with van der Waals surface area (Å²) in [5, 5.41) is 3.30. The number of hydrogen-bond acceptors (Lipinski definition) is 5. The fourth-order valence-corrected chi connectivity index (χ4v) is 2.69. The number of carbonyl (C=O) groups excluding carboxylic acids is 1. The molecule has 1 aromatic rings. The topological polar surface area (TPSA) is 63.7 Å². The molecule has 1 aromatic heterocycles. The summed E-state index contributed by atoms with van der Waals surface area (Å²) in [5.41, 5.74) is 0.856. The fraction of sp³-hybridized carbons (Fsp3) is 0.667.